The maximum atomic E-state index is 13.6. The highest BCUT2D eigenvalue weighted by molar-refractivity contribution is 7.89. The lowest BCUT2D eigenvalue weighted by atomic mass is 10.1. The van der Waals surface area contributed by atoms with Gasteiger partial charge in [-0.2, -0.15) is 0 Å². The van der Waals surface area contributed by atoms with E-state index in [0.717, 1.165) is 6.07 Å². The first kappa shape index (κ1) is 17.2. The minimum atomic E-state index is -4.36. The lowest BCUT2D eigenvalue weighted by molar-refractivity contribution is 0.0948. The summed E-state index contributed by atoms with van der Waals surface area (Å²) in [7, 11) is -4.36. The van der Waals surface area contributed by atoms with Gasteiger partial charge in [0.05, 0.1) is 15.6 Å². The number of carbonyl (C=O) groups excluding carboxylic acids is 1. The topological polar surface area (TPSA) is 89.3 Å². The Hall–Kier alpha value is -0.890. The van der Waals surface area contributed by atoms with Crippen molar-refractivity contribution in [2.24, 2.45) is 11.1 Å². The number of hydrogen-bond acceptors (Lipinski definition) is 3. The number of amides is 1. The van der Waals surface area contributed by atoms with Crippen molar-refractivity contribution in [1.29, 1.82) is 0 Å². The number of nitrogens with two attached hydrogens (primary N) is 1. The molecule has 0 heterocycles. The maximum Gasteiger partial charge on any atom is 0.252 e. The van der Waals surface area contributed by atoms with E-state index in [1.165, 1.54) is 0 Å². The van der Waals surface area contributed by atoms with Gasteiger partial charge in [-0.05, 0) is 12.0 Å². The third kappa shape index (κ3) is 3.82. The van der Waals surface area contributed by atoms with Gasteiger partial charge in [0.25, 0.3) is 5.91 Å². The predicted molar refractivity (Wildman–Crippen MR) is 75.0 cm³/mol. The zero-order chi connectivity index (χ0) is 15.7. The van der Waals surface area contributed by atoms with E-state index < -0.39 is 36.7 Å². The van der Waals surface area contributed by atoms with E-state index in [4.69, 9.17) is 28.3 Å². The van der Waals surface area contributed by atoms with E-state index in [1.807, 2.05) is 13.8 Å². The van der Waals surface area contributed by atoms with Crippen molar-refractivity contribution in [1.82, 2.24) is 5.32 Å². The van der Waals surface area contributed by atoms with Crippen molar-refractivity contribution in [2.45, 2.75) is 18.7 Å². The lowest BCUT2D eigenvalue weighted by Crippen LogP contribution is -2.28. The van der Waals surface area contributed by atoms with Gasteiger partial charge in [0.1, 0.15) is 10.7 Å². The Balaban J connectivity index is 3.37. The van der Waals surface area contributed by atoms with Crippen LogP contribution in [0.15, 0.2) is 11.0 Å². The average molecular weight is 343 g/mol. The number of rotatable bonds is 4. The van der Waals surface area contributed by atoms with Gasteiger partial charge in [0.2, 0.25) is 10.0 Å². The van der Waals surface area contributed by atoms with Crippen LogP contribution in [0, 0.1) is 11.7 Å². The van der Waals surface area contributed by atoms with Crippen molar-refractivity contribution in [3.05, 3.63) is 27.5 Å². The summed E-state index contributed by atoms with van der Waals surface area (Å²) in [5, 5.41) is 6.18. The maximum absolute atomic E-state index is 13.6. The fraction of sp³-hybridized carbons (Fsp3) is 0.364. The van der Waals surface area contributed by atoms with E-state index in [-0.39, 0.29) is 11.5 Å². The quantitative estimate of drug-likeness (QED) is 0.821. The van der Waals surface area contributed by atoms with Crippen LogP contribution in [0.4, 0.5) is 4.39 Å². The summed E-state index contributed by atoms with van der Waals surface area (Å²) in [5.41, 5.74) is -0.335. The van der Waals surface area contributed by atoms with Gasteiger partial charge < -0.3 is 5.32 Å². The molecule has 0 aliphatic carbocycles. The number of primary sulfonamides is 1. The Morgan fingerprint density at radius 3 is 2.40 bits per heavy atom. The molecule has 1 amide bonds. The molecule has 0 radical (unpaired) electrons. The van der Waals surface area contributed by atoms with Crippen LogP contribution in [0.5, 0.6) is 0 Å². The molecule has 0 atom stereocenters. The van der Waals surface area contributed by atoms with Crippen LogP contribution < -0.4 is 10.5 Å². The highest BCUT2D eigenvalue weighted by Crippen LogP contribution is 2.33. The first-order chi connectivity index (χ1) is 9.05. The van der Waals surface area contributed by atoms with Crippen molar-refractivity contribution in [2.75, 3.05) is 6.54 Å². The third-order valence-electron chi connectivity index (χ3n) is 2.32. The Kier molecular flexibility index (Phi) is 5.37. The van der Waals surface area contributed by atoms with Gasteiger partial charge in [-0.1, -0.05) is 37.0 Å². The van der Waals surface area contributed by atoms with E-state index in [2.05, 4.69) is 5.32 Å². The van der Waals surface area contributed by atoms with Gasteiger partial charge in [0.15, 0.2) is 0 Å². The van der Waals surface area contributed by atoms with E-state index in [1.54, 1.807) is 0 Å². The molecule has 0 aliphatic rings. The molecule has 1 aromatic carbocycles. The summed E-state index contributed by atoms with van der Waals surface area (Å²) < 4.78 is 36.4. The number of hydrogen-bond donors (Lipinski definition) is 2. The van der Waals surface area contributed by atoms with Gasteiger partial charge in [-0.15, -0.1) is 0 Å². The van der Waals surface area contributed by atoms with Crippen molar-refractivity contribution >= 4 is 39.1 Å². The molecule has 0 aliphatic heterocycles. The minimum absolute atomic E-state index is 0.160. The van der Waals surface area contributed by atoms with Crippen LogP contribution in [0.3, 0.4) is 0 Å². The molecule has 1 rings (SSSR count). The Morgan fingerprint density at radius 2 is 1.95 bits per heavy atom. The molecule has 112 valence electrons. The molecule has 20 heavy (non-hydrogen) atoms. The molecule has 0 spiro atoms. The zero-order valence-electron chi connectivity index (χ0n) is 10.7. The van der Waals surface area contributed by atoms with Gasteiger partial charge >= 0.3 is 0 Å². The monoisotopic (exact) mass is 342 g/mol. The smallest absolute Gasteiger partial charge is 0.252 e. The number of sulfonamides is 1. The molecule has 1 aromatic rings. The van der Waals surface area contributed by atoms with Crippen LogP contribution in [-0.2, 0) is 10.0 Å². The highest BCUT2D eigenvalue weighted by atomic mass is 35.5. The molecule has 3 N–H and O–H groups in total. The van der Waals surface area contributed by atoms with Crippen LogP contribution in [0.25, 0.3) is 0 Å². The van der Waals surface area contributed by atoms with E-state index in [0.29, 0.717) is 6.54 Å². The summed E-state index contributed by atoms with van der Waals surface area (Å²) in [5.74, 6) is -1.63. The Morgan fingerprint density at radius 1 is 1.40 bits per heavy atom. The molecule has 0 unspecified atom stereocenters. The molecule has 0 aromatic heterocycles. The second-order valence-electron chi connectivity index (χ2n) is 4.51. The number of halogens is 3. The van der Waals surface area contributed by atoms with Gasteiger partial charge in [0, 0.05) is 6.54 Å². The Bertz CT molecular complexity index is 648. The first-order valence-corrected chi connectivity index (χ1v) is 7.84. The number of carbonyl (C=O) groups is 1. The van der Waals surface area contributed by atoms with Crippen molar-refractivity contribution < 1.29 is 17.6 Å². The Labute approximate surface area is 126 Å². The summed E-state index contributed by atoms with van der Waals surface area (Å²) in [4.78, 5) is 11.1. The summed E-state index contributed by atoms with van der Waals surface area (Å²) in [6.45, 7) is 4.05. The molecule has 0 fully saturated rings. The SMILES string of the molecule is CC(C)CNC(=O)c1cc(F)c(Cl)c(S(N)(=O)=O)c1Cl. The molecular weight excluding hydrogens is 330 g/mol. The average Bonchev–Trinajstić information content (AvgIpc) is 2.29. The van der Waals surface area contributed by atoms with Crippen LogP contribution in [0.2, 0.25) is 10.0 Å². The third-order valence-corrected chi connectivity index (χ3v) is 4.28. The van der Waals surface area contributed by atoms with Crippen LogP contribution in [-0.4, -0.2) is 20.9 Å². The fourth-order valence-electron chi connectivity index (χ4n) is 1.39. The second-order valence-corrected chi connectivity index (χ2v) is 6.77. The van der Waals surface area contributed by atoms with Crippen molar-refractivity contribution in [3.8, 4) is 0 Å². The van der Waals surface area contributed by atoms with E-state index >= 15 is 0 Å². The lowest BCUT2D eigenvalue weighted by Gasteiger charge is -2.12. The van der Waals surface area contributed by atoms with Crippen molar-refractivity contribution in [3.63, 3.8) is 0 Å². The standard InChI is InChI=1S/C11H13Cl2FN2O3S/c1-5(2)4-16-11(17)6-3-7(14)9(13)10(8(6)12)20(15,18)19/h3,5H,4H2,1-2H3,(H,16,17)(H2,15,18,19). The number of benzene rings is 1. The summed E-state index contributed by atoms with van der Waals surface area (Å²) >= 11 is 11.3. The summed E-state index contributed by atoms with van der Waals surface area (Å²) in [6.07, 6.45) is 0. The van der Waals surface area contributed by atoms with Crippen LogP contribution >= 0.6 is 23.2 Å². The first-order valence-electron chi connectivity index (χ1n) is 5.54. The molecule has 5 nitrogen and oxygen atoms in total. The molecule has 0 saturated carbocycles. The van der Waals surface area contributed by atoms with Gasteiger partial charge in [-0.25, -0.2) is 17.9 Å². The number of nitrogens with one attached hydrogen (secondary N) is 1. The van der Waals surface area contributed by atoms with Crippen LogP contribution in [0.1, 0.15) is 24.2 Å². The fourth-order valence-corrected chi connectivity index (χ4v) is 3.17. The van der Waals surface area contributed by atoms with E-state index in [9.17, 15) is 17.6 Å². The second kappa shape index (κ2) is 6.26. The summed E-state index contributed by atoms with van der Waals surface area (Å²) in [6, 6.07) is 0.773. The predicted octanol–water partition coefficient (Wildman–Crippen LogP) is 2.17. The minimum Gasteiger partial charge on any atom is -0.352 e. The molecule has 0 saturated heterocycles. The largest absolute Gasteiger partial charge is 0.352 e. The molecular formula is C11H13Cl2FN2O3S. The molecule has 0 bridgehead atoms. The normalized spacial score (nSPS) is 11.8. The molecule has 9 heteroatoms. The highest BCUT2D eigenvalue weighted by Gasteiger charge is 2.26. The van der Waals surface area contributed by atoms with Gasteiger partial charge in [-0.3, -0.25) is 4.79 Å². The zero-order valence-corrected chi connectivity index (χ0v) is 13.0.